The van der Waals surface area contributed by atoms with E-state index in [0.717, 1.165) is 18.4 Å². The summed E-state index contributed by atoms with van der Waals surface area (Å²) in [5.74, 6) is 0.244. The van der Waals surface area contributed by atoms with Crippen molar-refractivity contribution in [2.75, 3.05) is 0 Å². The van der Waals surface area contributed by atoms with Crippen LogP contribution in [0.2, 0.25) is 0 Å². The third-order valence-electron chi connectivity index (χ3n) is 3.10. The van der Waals surface area contributed by atoms with Crippen molar-refractivity contribution in [1.82, 2.24) is 0 Å². The molecule has 0 aromatic heterocycles. The molecule has 0 radical (unpaired) electrons. The molecule has 1 heteroatoms. The number of carbonyl (C=O) groups is 1. The van der Waals surface area contributed by atoms with E-state index in [9.17, 15) is 4.79 Å². The van der Waals surface area contributed by atoms with Crippen molar-refractivity contribution < 1.29 is 4.79 Å². The molecule has 0 saturated heterocycles. The van der Waals surface area contributed by atoms with E-state index in [1.807, 2.05) is 37.3 Å². The highest BCUT2D eigenvalue weighted by Crippen LogP contribution is 2.04. The van der Waals surface area contributed by atoms with Gasteiger partial charge in [-0.25, -0.2) is 0 Å². The predicted octanol–water partition coefficient (Wildman–Crippen LogP) is 5.23. The van der Waals surface area contributed by atoms with Crippen LogP contribution in [0.5, 0.6) is 0 Å². The molecule has 0 unspecified atom stereocenters. The third-order valence-corrected chi connectivity index (χ3v) is 3.10. The van der Waals surface area contributed by atoms with Gasteiger partial charge in [0.2, 0.25) is 0 Å². The Bertz CT molecular complexity index is 497. The fourth-order valence-electron chi connectivity index (χ4n) is 1.82. The average Bonchev–Trinajstić information content (AvgIpc) is 2.50. The van der Waals surface area contributed by atoms with E-state index in [-0.39, 0.29) is 5.78 Å². The summed E-state index contributed by atoms with van der Waals surface area (Å²) < 4.78 is 0. The summed E-state index contributed by atoms with van der Waals surface area (Å²) in [7, 11) is 0. The lowest BCUT2D eigenvalue weighted by Crippen LogP contribution is -1.96. The Kier molecular flexibility index (Phi) is 7.34. The predicted molar refractivity (Wildman–Crippen MR) is 86.2 cm³/mol. The standard InChI is InChI=1S/C10H12O.C9H12/c1-2-6-10(11)9-7-4-3-5-8-9;1-3-9-6-4-8(2)5-7-9/h3-5,7-8H,2,6H2,1H3;4-7H,3H2,1-2H3. The number of hydrogen-bond acceptors (Lipinski definition) is 1. The second-order valence-electron chi connectivity index (χ2n) is 4.88. The first kappa shape index (κ1) is 16.2. The zero-order valence-corrected chi connectivity index (χ0v) is 12.7. The minimum atomic E-state index is 0.244. The Morgan fingerprint density at radius 1 is 0.900 bits per heavy atom. The fraction of sp³-hybridized carbons (Fsp3) is 0.316. The smallest absolute Gasteiger partial charge is 0.162 e. The molecule has 2 aromatic carbocycles. The normalized spacial score (nSPS) is 9.55. The van der Waals surface area contributed by atoms with E-state index in [2.05, 4.69) is 38.1 Å². The second-order valence-corrected chi connectivity index (χ2v) is 4.88. The molecule has 2 aromatic rings. The van der Waals surface area contributed by atoms with Crippen LogP contribution in [0.1, 0.15) is 48.2 Å². The minimum absolute atomic E-state index is 0.244. The van der Waals surface area contributed by atoms with Gasteiger partial charge in [-0.2, -0.15) is 0 Å². The van der Waals surface area contributed by atoms with Gasteiger partial charge in [-0.15, -0.1) is 0 Å². The van der Waals surface area contributed by atoms with Crippen molar-refractivity contribution in [2.24, 2.45) is 0 Å². The number of Topliss-reactive ketones (excluding diaryl/α,β-unsaturated/α-hetero) is 1. The maximum Gasteiger partial charge on any atom is 0.162 e. The average molecular weight is 268 g/mol. The van der Waals surface area contributed by atoms with E-state index in [1.54, 1.807) is 0 Å². The molecule has 1 nitrogen and oxygen atoms in total. The summed E-state index contributed by atoms with van der Waals surface area (Å²) in [6.07, 6.45) is 2.72. The summed E-state index contributed by atoms with van der Waals surface area (Å²) in [6.45, 7) is 6.30. The minimum Gasteiger partial charge on any atom is -0.294 e. The molecule has 0 spiro atoms. The van der Waals surface area contributed by atoms with E-state index in [4.69, 9.17) is 0 Å². The van der Waals surface area contributed by atoms with Crippen molar-refractivity contribution in [1.29, 1.82) is 0 Å². The molecule has 0 amide bonds. The topological polar surface area (TPSA) is 17.1 Å². The Morgan fingerprint density at radius 2 is 1.50 bits per heavy atom. The Balaban J connectivity index is 0.000000204. The first-order valence-corrected chi connectivity index (χ1v) is 7.31. The molecular weight excluding hydrogens is 244 g/mol. The Morgan fingerprint density at radius 3 is 2.00 bits per heavy atom. The molecule has 0 N–H and O–H groups in total. The molecule has 2 rings (SSSR count). The second kappa shape index (κ2) is 9.08. The highest BCUT2D eigenvalue weighted by Gasteiger charge is 2.01. The lowest BCUT2D eigenvalue weighted by molar-refractivity contribution is 0.0982. The summed E-state index contributed by atoms with van der Waals surface area (Å²) in [5, 5.41) is 0. The van der Waals surface area contributed by atoms with Crippen LogP contribution >= 0.6 is 0 Å². The summed E-state index contributed by atoms with van der Waals surface area (Å²) in [4.78, 5) is 11.2. The van der Waals surface area contributed by atoms with Crippen LogP contribution in [-0.2, 0) is 6.42 Å². The summed E-state index contributed by atoms with van der Waals surface area (Å²) >= 11 is 0. The van der Waals surface area contributed by atoms with Gasteiger partial charge in [0, 0.05) is 12.0 Å². The number of ketones is 1. The van der Waals surface area contributed by atoms with Gasteiger partial charge in [0.1, 0.15) is 0 Å². The maximum atomic E-state index is 11.2. The Labute approximate surface area is 122 Å². The van der Waals surface area contributed by atoms with Crippen LogP contribution in [0, 0.1) is 6.92 Å². The molecule has 0 saturated carbocycles. The van der Waals surface area contributed by atoms with Gasteiger partial charge < -0.3 is 0 Å². The first-order valence-electron chi connectivity index (χ1n) is 7.31. The van der Waals surface area contributed by atoms with E-state index in [0.29, 0.717) is 6.42 Å². The van der Waals surface area contributed by atoms with Gasteiger partial charge in [-0.1, -0.05) is 74.0 Å². The molecule has 106 valence electrons. The fourth-order valence-corrected chi connectivity index (χ4v) is 1.82. The molecule has 0 heterocycles. The van der Waals surface area contributed by atoms with Gasteiger partial charge in [0.15, 0.2) is 5.78 Å². The van der Waals surface area contributed by atoms with Crippen LogP contribution in [-0.4, -0.2) is 5.78 Å². The van der Waals surface area contributed by atoms with Crippen molar-refractivity contribution >= 4 is 5.78 Å². The Hall–Kier alpha value is -1.89. The SMILES string of the molecule is CCCC(=O)c1ccccc1.CCc1ccc(C)cc1. The number of rotatable bonds is 4. The molecule has 0 fully saturated rings. The lowest BCUT2D eigenvalue weighted by Gasteiger charge is -1.96. The summed E-state index contributed by atoms with van der Waals surface area (Å²) in [6, 6.07) is 18.1. The monoisotopic (exact) mass is 268 g/mol. The largest absolute Gasteiger partial charge is 0.294 e. The van der Waals surface area contributed by atoms with Crippen molar-refractivity contribution in [3.05, 3.63) is 71.3 Å². The van der Waals surface area contributed by atoms with Gasteiger partial charge in [0.05, 0.1) is 0 Å². The van der Waals surface area contributed by atoms with Crippen LogP contribution in [0.25, 0.3) is 0 Å². The molecule has 0 aliphatic carbocycles. The maximum absolute atomic E-state index is 11.2. The number of aryl methyl sites for hydroxylation is 2. The molecule has 0 bridgehead atoms. The van der Waals surface area contributed by atoms with E-state index >= 15 is 0 Å². The van der Waals surface area contributed by atoms with Crippen molar-refractivity contribution in [2.45, 2.75) is 40.0 Å². The molecular formula is C19H24O. The van der Waals surface area contributed by atoms with Crippen molar-refractivity contribution in [3.63, 3.8) is 0 Å². The molecule has 0 aliphatic rings. The summed E-state index contributed by atoms with van der Waals surface area (Å²) in [5.41, 5.74) is 3.59. The van der Waals surface area contributed by atoms with Crippen LogP contribution < -0.4 is 0 Å². The molecule has 20 heavy (non-hydrogen) atoms. The number of benzene rings is 2. The quantitative estimate of drug-likeness (QED) is 0.694. The number of hydrogen-bond donors (Lipinski definition) is 0. The molecule has 0 atom stereocenters. The zero-order valence-electron chi connectivity index (χ0n) is 12.7. The number of carbonyl (C=O) groups excluding carboxylic acids is 1. The van der Waals surface area contributed by atoms with Crippen LogP contribution in [0.3, 0.4) is 0 Å². The highest BCUT2D eigenvalue weighted by atomic mass is 16.1. The van der Waals surface area contributed by atoms with Gasteiger partial charge in [-0.05, 0) is 25.3 Å². The molecule has 0 aliphatic heterocycles. The van der Waals surface area contributed by atoms with Gasteiger partial charge >= 0.3 is 0 Å². The lowest BCUT2D eigenvalue weighted by atomic mass is 10.1. The first-order chi connectivity index (χ1) is 9.67. The van der Waals surface area contributed by atoms with E-state index < -0.39 is 0 Å². The van der Waals surface area contributed by atoms with Crippen molar-refractivity contribution in [3.8, 4) is 0 Å². The van der Waals surface area contributed by atoms with Gasteiger partial charge in [-0.3, -0.25) is 4.79 Å². The van der Waals surface area contributed by atoms with Gasteiger partial charge in [0.25, 0.3) is 0 Å². The van der Waals surface area contributed by atoms with E-state index in [1.165, 1.54) is 11.1 Å². The third kappa shape index (κ3) is 5.83. The highest BCUT2D eigenvalue weighted by molar-refractivity contribution is 5.95. The van der Waals surface area contributed by atoms with Crippen LogP contribution in [0.4, 0.5) is 0 Å². The zero-order chi connectivity index (χ0) is 14.8. The van der Waals surface area contributed by atoms with Crippen LogP contribution in [0.15, 0.2) is 54.6 Å².